The number of nitrogens with zero attached hydrogens (tertiary/aromatic N) is 2. The first-order valence-electron chi connectivity index (χ1n) is 5.44. The molecule has 0 bridgehead atoms. The second kappa shape index (κ2) is 4.97. The van der Waals surface area contributed by atoms with Crippen molar-refractivity contribution in [3.05, 3.63) is 29.8 Å². The molecule has 2 N–H and O–H groups in total. The standard InChI is InChI=1S/C12H15N3O/c13-7-10-3-1-2-4-12(10)15-6-5-14-8-11(16)9-15/h1-4,11,14,16H,5-6,8-9H2. The number of nitriles is 1. The zero-order valence-corrected chi connectivity index (χ0v) is 9.06. The van der Waals surface area contributed by atoms with Gasteiger partial charge in [0, 0.05) is 26.2 Å². The molecule has 0 radical (unpaired) electrons. The predicted octanol–water partition coefficient (Wildman–Crippen LogP) is 0.329. The van der Waals surface area contributed by atoms with Gasteiger partial charge in [0.05, 0.1) is 17.4 Å². The molecule has 0 aromatic heterocycles. The van der Waals surface area contributed by atoms with Crippen LogP contribution in [0.3, 0.4) is 0 Å². The first kappa shape index (κ1) is 10.9. The average Bonchev–Trinajstić information content (AvgIpc) is 2.54. The second-order valence-electron chi connectivity index (χ2n) is 3.93. The predicted molar refractivity (Wildman–Crippen MR) is 62.2 cm³/mol. The zero-order valence-electron chi connectivity index (χ0n) is 9.06. The Bertz CT molecular complexity index is 399. The first-order valence-corrected chi connectivity index (χ1v) is 5.44. The van der Waals surface area contributed by atoms with Gasteiger partial charge in [-0.25, -0.2) is 0 Å². The third kappa shape index (κ3) is 2.32. The third-order valence-corrected chi connectivity index (χ3v) is 2.73. The summed E-state index contributed by atoms with van der Waals surface area (Å²) in [6.07, 6.45) is -0.380. The summed E-state index contributed by atoms with van der Waals surface area (Å²) in [5.41, 5.74) is 1.57. The Balaban J connectivity index is 2.25. The van der Waals surface area contributed by atoms with Crippen molar-refractivity contribution in [2.75, 3.05) is 31.1 Å². The molecule has 4 nitrogen and oxygen atoms in total. The lowest BCUT2D eigenvalue weighted by molar-refractivity contribution is 0.185. The maximum Gasteiger partial charge on any atom is 0.101 e. The number of rotatable bonds is 1. The van der Waals surface area contributed by atoms with Crippen LogP contribution in [0.1, 0.15) is 5.56 Å². The van der Waals surface area contributed by atoms with Gasteiger partial charge in [-0.2, -0.15) is 5.26 Å². The SMILES string of the molecule is N#Cc1ccccc1N1CCNCC(O)C1. The summed E-state index contributed by atoms with van der Waals surface area (Å²) < 4.78 is 0. The summed E-state index contributed by atoms with van der Waals surface area (Å²) in [5.74, 6) is 0. The van der Waals surface area contributed by atoms with E-state index in [-0.39, 0.29) is 6.10 Å². The van der Waals surface area contributed by atoms with Crippen LogP contribution in [-0.2, 0) is 0 Å². The van der Waals surface area contributed by atoms with Crippen molar-refractivity contribution in [2.45, 2.75) is 6.10 Å². The highest BCUT2D eigenvalue weighted by Gasteiger charge is 2.17. The van der Waals surface area contributed by atoms with E-state index in [9.17, 15) is 5.11 Å². The van der Waals surface area contributed by atoms with E-state index in [0.717, 1.165) is 18.8 Å². The van der Waals surface area contributed by atoms with Crippen LogP contribution in [0.5, 0.6) is 0 Å². The van der Waals surface area contributed by atoms with Crippen LogP contribution < -0.4 is 10.2 Å². The van der Waals surface area contributed by atoms with Crippen molar-refractivity contribution < 1.29 is 5.11 Å². The fourth-order valence-corrected chi connectivity index (χ4v) is 1.96. The van der Waals surface area contributed by atoms with Crippen molar-refractivity contribution in [3.8, 4) is 6.07 Å². The molecule has 1 aliphatic heterocycles. The highest BCUT2D eigenvalue weighted by Crippen LogP contribution is 2.20. The molecule has 1 aromatic rings. The molecule has 1 fully saturated rings. The Labute approximate surface area is 95.1 Å². The van der Waals surface area contributed by atoms with Crippen LogP contribution in [0.25, 0.3) is 0 Å². The van der Waals surface area contributed by atoms with Gasteiger partial charge in [-0.1, -0.05) is 12.1 Å². The van der Waals surface area contributed by atoms with Crippen LogP contribution in [0.15, 0.2) is 24.3 Å². The number of anilines is 1. The van der Waals surface area contributed by atoms with Gasteiger partial charge in [-0.3, -0.25) is 0 Å². The summed E-state index contributed by atoms with van der Waals surface area (Å²) in [6, 6.07) is 9.69. The third-order valence-electron chi connectivity index (χ3n) is 2.73. The molecule has 1 saturated heterocycles. The molecule has 1 atom stereocenters. The van der Waals surface area contributed by atoms with Gasteiger partial charge in [0.15, 0.2) is 0 Å². The molecule has 16 heavy (non-hydrogen) atoms. The minimum Gasteiger partial charge on any atom is -0.390 e. The molecule has 0 amide bonds. The molecule has 1 aromatic carbocycles. The van der Waals surface area contributed by atoms with Crippen molar-refractivity contribution >= 4 is 5.69 Å². The molecule has 2 rings (SSSR count). The fraction of sp³-hybridized carbons (Fsp3) is 0.417. The average molecular weight is 217 g/mol. The van der Waals surface area contributed by atoms with E-state index in [1.54, 1.807) is 6.07 Å². The van der Waals surface area contributed by atoms with Gasteiger partial charge < -0.3 is 15.3 Å². The number of hydrogen-bond donors (Lipinski definition) is 2. The lowest BCUT2D eigenvalue weighted by Gasteiger charge is -2.24. The highest BCUT2D eigenvalue weighted by molar-refractivity contribution is 5.59. The Hall–Kier alpha value is -1.57. The van der Waals surface area contributed by atoms with E-state index in [1.165, 1.54) is 0 Å². The van der Waals surface area contributed by atoms with Crippen LogP contribution in [0.2, 0.25) is 0 Å². The van der Waals surface area contributed by atoms with Crippen LogP contribution in [-0.4, -0.2) is 37.4 Å². The largest absolute Gasteiger partial charge is 0.390 e. The molecule has 1 heterocycles. The Morgan fingerprint density at radius 3 is 3.06 bits per heavy atom. The van der Waals surface area contributed by atoms with E-state index in [0.29, 0.717) is 18.7 Å². The number of β-amino-alcohol motifs (C(OH)–C–C–N with tert-alkyl or cyclic N) is 1. The normalized spacial score (nSPS) is 21.2. The summed E-state index contributed by atoms with van der Waals surface area (Å²) >= 11 is 0. The van der Waals surface area contributed by atoms with Crippen molar-refractivity contribution in [3.63, 3.8) is 0 Å². The molecular formula is C12H15N3O. The van der Waals surface area contributed by atoms with Crippen molar-refractivity contribution in [1.29, 1.82) is 5.26 Å². The maximum atomic E-state index is 9.70. The lowest BCUT2D eigenvalue weighted by Crippen LogP contribution is -2.33. The molecule has 4 heteroatoms. The van der Waals surface area contributed by atoms with Crippen molar-refractivity contribution in [1.82, 2.24) is 5.32 Å². The van der Waals surface area contributed by atoms with Crippen LogP contribution in [0.4, 0.5) is 5.69 Å². The zero-order chi connectivity index (χ0) is 11.4. The summed E-state index contributed by atoms with van der Waals surface area (Å²) in [4.78, 5) is 2.06. The molecular weight excluding hydrogens is 202 g/mol. The van der Waals surface area contributed by atoms with Gasteiger partial charge in [-0.15, -0.1) is 0 Å². The Kier molecular flexibility index (Phi) is 3.40. The first-order chi connectivity index (χ1) is 7.81. The maximum absolute atomic E-state index is 9.70. The number of para-hydroxylation sites is 1. The Morgan fingerprint density at radius 1 is 1.44 bits per heavy atom. The second-order valence-corrected chi connectivity index (χ2v) is 3.93. The van der Waals surface area contributed by atoms with E-state index in [4.69, 9.17) is 5.26 Å². The quantitative estimate of drug-likeness (QED) is 0.711. The molecule has 0 aliphatic carbocycles. The monoisotopic (exact) mass is 217 g/mol. The topological polar surface area (TPSA) is 59.3 Å². The number of nitrogens with one attached hydrogen (secondary N) is 1. The number of aliphatic hydroxyl groups excluding tert-OH is 1. The van der Waals surface area contributed by atoms with E-state index in [1.807, 2.05) is 18.2 Å². The smallest absolute Gasteiger partial charge is 0.101 e. The lowest BCUT2D eigenvalue weighted by atomic mass is 10.1. The highest BCUT2D eigenvalue weighted by atomic mass is 16.3. The van der Waals surface area contributed by atoms with Gasteiger partial charge >= 0.3 is 0 Å². The number of hydrogen-bond acceptors (Lipinski definition) is 4. The van der Waals surface area contributed by atoms with Gasteiger partial charge in [0.2, 0.25) is 0 Å². The minimum atomic E-state index is -0.380. The minimum absolute atomic E-state index is 0.380. The van der Waals surface area contributed by atoms with Gasteiger partial charge in [-0.05, 0) is 12.1 Å². The van der Waals surface area contributed by atoms with Gasteiger partial charge in [0.25, 0.3) is 0 Å². The van der Waals surface area contributed by atoms with Gasteiger partial charge in [0.1, 0.15) is 6.07 Å². The molecule has 0 saturated carbocycles. The van der Waals surface area contributed by atoms with E-state index >= 15 is 0 Å². The molecule has 0 spiro atoms. The summed E-state index contributed by atoms with van der Waals surface area (Å²) in [5, 5.41) is 21.9. The molecule has 1 unspecified atom stereocenters. The number of aliphatic hydroxyl groups is 1. The fourth-order valence-electron chi connectivity index (χ4n) is 1.96. The summed E-state index contributed by atoms with van der Waals surface area (Å²) in [7, 11) is 0. The van der Waals surface area contributed by atoms with E-state index < -0.39 is 0 Å². The van der Waals surface area contributed by atoms with E-state index in [2.05, 4.69) is 16.3 Å². The summed E-state index contributed by atoms with van der Waals surface area (Å²) in [6.45, 7) is 2.84. The van der Waals surface area contributed by atoms with Crippen LogP contribution in [0, 0.1) is 11.3 Å². The molecule has 1 aliphatic rings. The Morgan fingerprint density at radius 2 is 2.25 bits per heavy atom. The number of benzene rings is 1. The van der Waals surface area contributed by atoms with Crippen LogP contribution >= 0.6 is 0 Å². The molecule has 84 valence electrons. The van der Waals surface area contributed by atoms with Crippen molar-refractivity contribution in [2.24, 2.45) is 0 Å².